The Kier molecular flexibility index (Phi) is 7.63. The van der Waals surface area contributed by atoms with Crippen LogP contribution in [-0.4, -0.2) is 39.5 Å². The van der Waals surface area contributed by atoms with Crippen molar-refractivity contribution in [3.05, 3.63) is 77.8 Å². The molecule has 200 valence electrons. The Balaban J connectivity index is 1.24. The van der Waals surface area contributed by atoms with E-state index in [1.807, 2.05) is 23.6 Å². The molecule has 39 heavy (non-hydrogen) atoms. The second-order valence-corrected chi connectivity index (χ2v) is 11.9. The van der Waals surface area contributed by atoms with Crippen LogP contribution in [-0.2, 0) is 15.3 Å². The molecule has 0 spiro atoms. The minimum Gasteiger partial charge on any atom is -0.480 e. The van der Waals surface area contributed by atoms with Crippen LogP contribution in [0.3, 0.4) is 0 Å². The molecule has 0 radical (unpaired) electrons. The van der Waals surface area contributed by atoms with Gasteiger partial charge in [0.2, 0.25) is 0 Å². The fourth-order valence-electron chi connectivity index (χ4n) is 4.18. The van der Waals surface area contributed by atoms with E-state index < -0.39 is 23.7 Å². The van der Waals surface area contributed by atoms with Gasteiger partial charge in [-0.1, -0.05) is 60.7 Å². The van der Waals surface area contributed by atoms with E-state index in [2.05, 4.69) is 53.8 Å². The van der Waals surface area contributed by atoms with E-state index >= 15 is 0 Å². The largest absolute Gasteiger partial charge is 0.480 e. The fraction of sp³-hybridized carbons (Fsp3) is 0.233. The van der Waals surface area contributed by atoms with Gasteiger partial charge < -0.3 is 19.6 Å². The SMILES string of the molecule is CC(C)(C)OC(=O)NC(CSCc1csc(-c2ccc(-c3cccc4c3oc3ccccc34)cc2)n1)C(=O)O. The molecule has 9 heteroatoms. The van der Waals surface area contributed by atoms with Crippen LogP contribution in [0.2, 0.25) is 0 Å². The number of furan rings is 1. The average molecular weight is 561 g/mol. The van der Waals surface area contributed by atoms with Crippen LogP contribution in [0, 0.1) is 0 Å². The number of carboxylic acids is 1. The number of rotatable bonds is 8. The summed E-state index contributed by atoms with van der Waals surface area (Å²) in [5.41, 5.74) is 5.02. The Hall–Kier alpha value is -3.82. The fourth-order valence-corrected chi connectivity index (χ4v) is 6.05. The lowest BCUT2D eigenvalue weighted by Crippen LogP contribution is -2.44. The van der Waals surface area contributed by atoms with Crippen LogP contribution >= 0.6 is 23.1 Å². The zero-order valence-electron chi connectivity index (χ0n) is 21.8. The zero-order chi connectivity index (χ0) is 27.6. The van der Waals surface area contributed by atoms with Crippen molar-refractivity contribution in [1.29, 1.82) is 0 Å². The van der Waals surface area contributed by atoms with Gasteiger partial charge >= 0.3 is 12.1 Å². The van der Waals surface area contributed by atoms with Crippen molar-refractivity contribution in [2.45, 2.75) is 38.2 Å². The van der Waals surface area contributed by atoms with E-state index in [1.165, 1.54) is 11.8 Å². The maximum atomic E-state index is 12.0. The van der Waals surface area contributed by atoms with Crippen LogP contribution in [0.5, 0.6) is 0 Å². The van der Waals surface area contributed by atoms with E-state index in [4.69, 9.17) is 14.1 Å². The number of hydrogen-bond donors (Lipinski definition) is 2. The molecule has 1 amide bonds. The summed E-state index contributed by atoms with van der Waals surface area (Å²) < 4.78 is 11.4. The average Bonchev–Trinajstić information content (AvgIpc) is 3.52. The third-order valence-corrected chi connectivity index (χ3v) is 7.93. The molecule has 0 saturated heterocycles. The van der Waals surface area contributed by atoms with Crippen molar-refractivity contribution < 1.29 is 23.8 Å². The molecule has 0 fully saturated rings. The van der Waals surface area contributed by atoms with Gasteiger partial charge in [0, 0.05) is 38.8 Å². The molecule has 1 unspecified atom stereocenters. The predicted octanol–water partition coefficient (Wildman–Crippen LogP) is 7.59. The number of ether oxygens (including phenoxy) is 1. The minimum absolute atomic E-state index is 0.198. The summed E-state index contributed by atoms with van der Waals surface area (Å²) in [6, 6.07) is 21.5. The molecule has 0 bridgehead atoms. The smallest absolute Gasteiger partial charge is 0.408 e. The van der Waals surface area contributed by atoms with Gasteiger partial charge in [0.05, 0.1) is 5.69 Å². The van der Waals surface area contributed by atoms with Crippen LogP contribution in [0.4, 0.5) is 4.79 Å². The highest BCUT2D eigenvalue weighted by Crippen LogP contribution is 2.36. The lowest BCUT2D eigenvalue weighted by atomic mass is 10.0. The van der Waals surface area contributed by atoms with Crippen molar-refractivity contribution in [2.75, 3.05) is 5.75 Å². The van der Waals surface area contributed by atoms with Gasteiger partial charge in [-0.2, -0.15) is 11.8 Å². The molecule has 0 aliphatic rings. The van der Waals surface area contributed by atoms with Gasteiger partial charge in [-0.05, 0) is 32.4 Å². The first kappa shape index (κ1) is 26.8. The molecule has 0 saturated carbocycles. The Morgan fingerprint density at radius 3 is 2.49 bits per heavy atom. The molecule has 5 aromatic rings. The Bertz CT molecular complexity index is 1630. The summed E-state index contributed by atoms with van der Waals surface area (Å²) in [6.07, 6.45) is -0.744. The molecule has 2 aromatic heterocycles. The number of para-hydroxylation sites is 2. The first-order valence-electron chi connectivity index (χ1n) is 12.4. The van der Waals surface area contributed by atoms with Gasteiger partial charge in [-0.25, -0.2) is 14.6 Å². The number of thiazole rings is 1. The lowest BCUT2D eigenvalue weighted by Gasteiger charge is -2.21. The highest BCUT2D eigenvalue weighted by atomic mass is 32.2. The van der Waals surface area contributed by atoms with Gasteiger partial charge in [0.25, 0.3) is 0 Å². The van der Waals surface area contributed by atoms with Crippen molar-refractivity contribution in [3.63, 3.8) is 0 Å². The number of fused-ring (bicyclic) bond motifs is 3. The van der Waals surface area contributed by atoms with Crippen LogP contribution < -0.4 is 5.32 Å². The van der Waals surface area contributed by atoms with E-state index in [0.717, 1.165) is 49.3 Å². The maximum absolute atomic E-state index is 12.0. The summed E-state index contributed by atoms with van der Waals surface area (Å²) in [4.78, 5) is 28.3. The number of hydrogen-bond acceptors (Lipinski definition) is 7. The molecule has 2 N–H and O–H groups in total. The van der Waals surface area contributed by atoms with Crippen LogP contribution in [0.15, 0.2) is 76.5 Å². The molecule has 7 nitrogen and oxygen atoms in total. The number of alkyl carbamates (subject to hydrolysis) is 1. The molecule has 5 rings (SSSR count). The van der Waals surface area contributed by atoms with Gasteiger partial charge in [-0.15, -0.1) is 11.3 Å². The Morgan fingerprint density at radius 1 is 1.03 bits per heavy atom. The molecular weight excluding hydrogens is 532 g/mol. The Labute approximate surface area is 234 Å². The standard InChI is InChI=1S/C30H28N2O5S2/c1-30(2,3)37-29(35)32-24(28(33)34)17-38-15-20-16-39-27(31-20)19-13-11-18(12-14-19)21-8-6-9-23-22-7-4-5-10-25(22)36-26(21)23/h4-14,16,24H,15,17H2,1-3H3,(H,32,35)(H,33,34). The number of aromatic nitrogens is 1. The summed E-state index contributed by atoms with van der Waals surface area (Å²) in [7, 11) is 0. The molecule has 3 aromatic carbocycles. The van der Waals surface area contributed by atoms with Gasteiger partial charge in [0.15, 0.2) is 0 Å². The number of nitrogens with zero attached hydrogens (tertiary/aromatic N) is 1. The van der Waals surface area contributed by atoms with Crippen molar-refractivity contribution in [2.24, 2.45) is 0 Å². The first-order chi connectivity index (χ1) is 18.7. The van der Waals surface area contributed by atoms with Gasteiger partial charge in [0.1, 0.15) is 27.8 Å². The summed E-state index contributed by atoms with van der Waals surface area (Å²) >= 11 is 2.94. The van der Waals surface area contributed by atoms with Gasteiger partial charge in [-0.3, -0.25) is 0 Å². The number of amides is 1. The Morgan fingerprint density at radius 2 is 1.74 bits per heavy atom. The van der Waals surface area contributed by atoms with E-state index in [1.54, 1.807) is 32.1 Å². The highest BCUT2D eigenvalue weighted by molar-refractivity contribution is 7.98. The van der Waals surface area contributed by atoms with Crippen LogP contribution in [0.25, 0.3) is 43.6 Å². The minimum atomic E-state index is -1.11. The molecule has 1 atom stereocenters. The lowest BCUT2D eigenvalue weighted by molar-refractivity contribution is -0.138. The quantitative estimate of drug-likeness (QED) is 0.202. The van der Waals surface area contributed by atoms with E-state index in [-0.39, 0.29) is 5.75 Å². The normalized spacial score (nSPS) is 12.5. The van der Waals surface area contributed by atoms with E-state index in [9.17, 15) is 14.7 Å². The molecule has 0 aliphatic carbocycles. The number of carboxylic acid groups (broad SMARTS) is 1. The number of thioether (sulfide) groups is 1. The van der Waals surface area contributed by atoms with Crippen molar-refractivity contribution >= 4 is 57.1 Å². The monoisotopic (exact) mass is 560 g/mol. The van der Waals surface area contributed by atoms with Crippen molar-refractivity contribution in [3.8, 4) is 21.7 Å². The molecule has 2 heterocycles. The topological polar surface area (TPSA) is 102 Å². The third kappa shape index (κ3) is 6.26. The molecule has 0 aliphatic heterocycles. The molecular formula is C30H28N2O5S2. The second-order valence-electron chi connectivity index (χ2n) is 10.1. The number of carbonyl (C=O) groups excluding carboxylic acids is 1. The summed E-state index contributed by atoms with van der Waals surface area (Å²) in [5, 5.41) is 17.0. The first-order valence-corrected chi connectivity index (χ1v) is 14.5. The van der Waals surface area contributed by atoms with Crippen molar-refractivity contribution in [1.82, 2.24) is 10.3 Å². The maximum Gasteiger partial charge on any atom is 0.408 e. The number of nitrogens with one attached hydrogen (secondary N) is 1. The third-order valence-electron chi connectivity index (χ3n) is 5.92. The zero-order valence-corrected chi connectivity index (χ0v) is 23.4. The summed E-state index contributed by atoms with van der Waals surface area (Å²) in [6.45, 7) is 5.18. The number of benzene rings is 3. The number of carbonyl (C=O) groups is 2. The van der Waals surface area contributed by atoms with E-state index in [0.29, 0.717) is 5.75 Å². The predicted molar refractivity (Wildman–Crippen MR) is 157 cm³/mol. The number of aliphatic carboxylic acids is 1. The highest BCUT2D eigenvalue weighted by Gasteiger charge is 2.24. The second kappa shape index (κ2) is 11.1. The van der Waals surface area contributed by atoms with Crippen LogP contribution in [0.1, 0.15) is 26.5 Å². The summed E-state index contributed by atoms with van der Waals surface area (Å²) in [5.74, 6) is -0.378.